The van der Waals surface area contributed by atoms with Crippen molar-refractivity contribution in [3.8, 4) is 0 Å². The standard InChI is InChI=1S/C14H17N3O2S/c18-13-9-17(12-6-2-1-5-11(12)16-13)14(20)15-8-10-4-3-7-19-10/h1-2,5-6,10H,3-4,7-9H2,(H,15,20)(H,16,18)/t10-/m0/s1. The van der Waals surface area contributed by atoms with Gasteiger partial charge >= 0.3 is 0 Å². The maximum absolute atomic E-state index is 11.7. The van der Waals surface area contributed by atoms with Gasteiger partial charge in [-0.15, -0.1) is 0 Å². The van der Waals surface area contributed by atoms with Gasteiger partial charge in [-0.25, -0.2) is 0 Å². The van der Waals surface area contributed by atoms with Gasteiger partial charge in [0.2, 0.25) is 5.91 Å². The minimum absolute atomic E-state index is 0.0510. The monoisotopic (exact) mass is 291 g/mol. The fourth-order valence-corrected chi connectivity index (χ4v) is 2.76. The number of nitrogens with zero attached hydrogens (tertiary/aromatic N) is 1. The molecule has 0 radical (unpaired) electrons. The number of benzene rings is 1. The maximum Gasteiger partial charge on any atom is 0.244 e. The highest BCUT2D eigenvalue weighted by atomic mass is 32.1. The number of hydrogen-bond acceptors (Lipinski definition) is 3. The van der Waals surface area contributed by atoms with E-state index >= 15 is 0 Å². The first-order chi connectivity index (χ1) is 9.74. The average Bonchev–Trinajstić information content (AvgIpc) is 2.97. The van der Waals surface area contributed by atoms with Crippen molar-refractivity contribution < 1.29 is 9.53 Å². The summed E-state index contributed by atoms with van der Waals surface area (Å²) in [6, 6.07) is 7.66. The molecule has 1 amide bonds. The minimum Gasteiger partial charge on any atom is -0.376 e. The number of hydrogen-bond donors (Lipinski definition) is 2. The van der Waals surface area contributed by atoms with Crippen molar-refractivity contribution in [3.63, 3.8) is 0 Å². The Bertz CT molecular complexity index is 529. The van der Waals surface area contributed by atoms with Crippen LogP contribution < -0.4 is 15.5 Å². The van der Waals surface area contributed by atoms with Gasteiger partial charge in [0.1, 0.15) is 6.54 Å². The Morgan fingerprint density at radius 1 is 1.50 bits per heavy atom. The fraction of sp³-hybridized carbons (Fsp3) is 0.429. The predicted octanol–water partition coefficient (Wildman–Crippen LogP) is 1.50. The number of thiocarbonyl (C=S) groups is 1. The van der Waals surface area contributed by atoms with Gasteiger partial charge in [0.15, 0.2) is 5.11 Å². The van der Waals surface area contributed by atoms with Crippen molar-refractivity contribution in [2.75, 3.05) is 29.9 Å². The smallest absolute Gasteiger partial charge is 0.244 e. The molecule has 20 heavy (non-hydrogen) atoms. The van der Waals surface area contributed by atoms with Crippen LogP contribution in [-0.4, -0.2) is 36.8 Å². The molecule has 2 aliphatic heterocycles. The second kappa shape index (κ2) is 5.76. The summed E-state index contributed by atoms with van der Waals surface area (Å²) in [6.45, 7) is 1.77. The van der Waals surface area contributed by atoms with Crippen molar-refractivity contribution in [2.24, 2.45) is 0 Å². The maximum atomic E-state index is 11.7. The van der Waals surface area contributed by atoms with Crippen LogP contribution in [0.2, 0.25) is 0 Å². The molecule has 106 valence electrons. The number of ether oxygens (including phenoxy) is 1. The summed E-state index contributed by atoms with van der Waals surface area (Å²) in [4.78, 5) is 13.6. The SMILES string of the molecule is O=C1CN(C(=S)NC[C@@H]2CCCO2)c2ccccc2N1. The van der Waals surface area contributed by atoms with Crippen molar-refractivity contribution in [2.45, 2.75) is 18.9 Å². The minimum atomic E-state index is -0.0510. The van der Waals surface area contributed by atoms with E-state index in [9.17, 15) is 4.79 Å². The van der Waals surface area contributed by atoms with E-state index in [0.717, 1.165) is 30.8 Å². The molecule has 0 saturated carbocycles. The summed E-state index contributed by atoms with van der Waals surface area (Å²) in [5.41, 5.74) is 1.72. The molecule has 1 saturated heterocycles. The molecular formula is C14H17N3O2S. The molecule has 1 fully saturated rings. The van der Waals surface area contributed by atoms with Gasteiger partial charge in [0, 0.05) is 13.2 Å². The number of amides is 1. The Balaban J connectivity index is 1.69. The number of para-hydroxylation sites is 2. The van der Waals surface area contributed by atoms with E-state index in [-0.39, 0.29) is 18.6 Å². The van der Waals surface area contributed by atoms with E-state index in [4.69, 9.17) is 17.0 Å². The van der Waals surface area contributed by atoms with Crippen LogP contribution in [0.3, 0.4) is 0 Å². The molecule has 2 aliphatic rings. The van der Waals surface area contributed by atoms with Gasteiger partial charge in [0.25, 0.3) is 0 Å². The van der Waals surface area contributed by atoms with E-state index in [0.29, 0.717) is 11.7 Å². The summed E-state index contributed by atoms with van der Waals surface area (Å²) in [5, 5.41) is 6.63. The van der Waals surface area contributed by atoms with E-state index in [1.807, 2.05) is 29.2 Å². The van der Waals surface area contributed by atoms with Crippen molar-refractivity contribution in [3.05, 3.63) is 24.3 Å². The molecule has 0 spiro atoms. The normalized spacial score (nSPS) is 21.3. The van der Waals surface area contributed by atoms with Gasteiger partial charge in [-0.05, 0) is 37.2 Å². The second-order valence-corrected chi connectivity index (χ2v) is 5.36. The molecule has 1 atom stereocenters. The average molecular weight is 291 g/mol. The molecule has 0 aliphatic carbocycles. The lowest BCUT2D eigenvalue weighted by Gasteiger charge is -2.31. The van der Waals surface area contributed by atoms with Crippen LogP contribution in [-0.2, 0) is 9.53 Å². The molecule has 1 aromatic carbocycles. The molecule has 1 aromatic rings. The summed E-state index contributed by atoms with van der Waals surface area (Å²) in [6.07, 6.45) is 2.39. The molecule has 2 N–H and O–H groups in total. The first-order valence-electron chi connectivity index (χ1n) is 6.80. The Hall–Kier alpha value is -1.66. The largest absolute Gasteiger partial charge is 0.376 e. The van der Waals surface area contributed by atoms with Crippen LogP contribution in [0.1, 0.15) is 12.8 Å². The molecule has 0 unspecified atom stereocenters. The number of fused-ring (bicyclic) bond motifs is 1. The third-order valence-corrected chi connectivity index (χ3v) is 3.89. The molecule has 3 rings (SSSR count). The van der Waals surface area contributed by atoms with Gasteiger partial charge in [0.05, 0.1) is 17.5 Å². The first-order valence-corrected chi connectivity index (χ1v) is 7.21. The Morgan fingerprint density at radius 3 is 3.15 bits per heavy atom. The van der Waals surface area contributed by atoms with Crippen molar-refractivity contribution >= 4 is 34.6 Å². The first kappa shape index (κ1) is 13.3. The number of anilines is 2. The Labute approximate surface area is 123 Å². The third kappa shape index (κ3) is 2.76. The lowest BCUT2D eigenvalue weighted by Crippen LogP contribution is -2.48. The highest BCUT2D eigenvalue weighted by Crippen LogP contribution is 2.28. The van der Waals surface area contributed by atoms with Crippen LogP contribution in [0.5, 0.6) is 0 Å². The quantitative estimate of drug-likeness (QED) is 0.809. The van der Waals surface area contributed by atoms with Crippen molar-refractivity contribution in [1.29, 1.82) is 0 Å². The lowest BCUT2D eigenvalue weighted by atomic mass is 10.2. The highest BCUT2D eigenvalue weighted by Gasteiger charge is 2.25. The van der Waals surface area contributed by atoms with Crippen LogP contribution >= 0.6 is 12.2 Å². The highest BCUT2D eigenvalue weighted by molar-refractivity contribution is 7.80. The number of rotatable bonds is 2. The van der Waals surface area contributed by atoms with Crippen LogP contribution in [0.25, 0.3) is 0 Å². The third-order valence-electron chi connectivity index (χ3n) is 3.52. The molecular weight excluding hydrogens is 274 g/mol. The Morgan fingerprint density at radius 2 is 2.35 bits per heavy atom. The molecule has 0 aromatic heterocycles. The predicted molar refractivity (Wildman–Crippen MR) is 82.0 cm³/mol. The van der Waals surface area contributed by atoms with Gasteiger partial charge < -0.3 is 20.3 Å². The fourth-order valence-electron chi connectivity index (χ4n) is 2.52. The summed E-state index contributed by atoms with van der Waals surface area (Å²) in [5.74, 6) is -0.0510. The molecule has 2 heterocycles. The zero-order valence-corrected chi connectivity index (χ0v) is 11.9. The molecule has 0 bridgehead atoms. The van der Waals surface area contributed by atoms with Crippen LogP contribution in [0.4, 0.5) is 11.4 Å². The van der Waals surface area contributed by atoms with E-state index in [1.54, 1.807) is 0 Å². The van der Waals surface area contributed by atoms with Gasteiger partial charge in [-0.1, -0.05) is 12.1 Å². The number of carbonyl (C=O) groups excluding carboxylic acids is 1. The van der Waals surface area contributed by atoms with Crippen molar-refractivity contribution in [1.82, 2.24) is 5.32 Å². The summed E-state index contributed by atoms with van der Waals surface area (Å²) >= 11 is 5.42. The number of nitrogens with one attached hydrogen (secondary N) is 2. The van der Waals surface area contributed by atoms with E-state index in [2.05, 4.69) is 10.6 Å². The van der Waals surface area contributed by atoms with Crippen LogP contribution in [0, 0.1) is 0 Å². The topological polar surface area (TPSA) is 53.6 Å². The molecule has 5 nitrogen and oxygen atoms in total. The summed E-state index contributed by atoms with van der Waals surface area (Å²) in [7, 11) is 0. The zero-order valence-electron chi connectivity index (χ0n) is 11.1. The van der Waals surface area contributed by atoms with Gasteiger partial charge in [-0.2, -0.15) is 0 Å². The lowest BCUT2D eigenvalue weighted by molar-refractivity contribution is -0.115. The van der Waals surface area contributed by atoms with Crippen LogP contribution in [0.15, 0.2) is 24.3 Å². The zero-order chi connectivity index (χ0) is 13.9. The van der Waals surface area contributed by atoms with E-state index in [1.165, 1.54) is 0 Å². The summed E-state index contributed by atoms with van der Waals surface area (Å²) < 4.78 is 5.56. The van der Waals surface area contributed by atoms with E-state index < -0.39 is 0 Å². The molecule has 6 heteroatoms. The van der Waals surface area contributed by atoms with Gasteiger partial charge in [-0.3, -0.25) is 4.79 Å². The Kier molecular flexibility index (Phi) is 3.84. The number of carbonyl (C=O) groups is 1. The second-order valence-electron chi connectivity index (χ2n) is 4.97.